The summed E-state index contributed by atoms with van der Waals surface area (Å²) in [6, 6.07) is 24.3. The highest BCUT2D eigenvalue weighted by Gasteiger charge is 2.42. The molecule has 2 aliphatic rings. The summed E-state index contributed by atoms with van der Waals surface area (Å²) in [6.07, 6.45) is 0. The number of aryl methyl sites for hydroxylation is 1. The van der Waals surface area contributed by atoms with E-state index in [1.54, 1.807) is 24.3 Å². The normalized spacial score (nSPS) is 17.6. The molecule has 3 aromatic rings. The molecule has 1 atom stereocenters. The minimum Gasteiger partial charge on any atom is -0.356 e. The Hall–Kier alpha value is -3.97. The average Bonchev–Trinajstić information content (AvgIpc) is 3.15. The van der Waals surface area contributed by atoms with Crippen molar-refractivity contribution in [1.82, 2.24) is 0 Å². The Morgan fingerprint density at radius 2 is 1.60 bits per heavy atom. The van der Waals surface area contributed by atoms with Crippen LogP contribution in [0, 0.1) is 18.3 Å². The summed E-state index contributed by atoms with van der Waals surface area (Å²) in [7, 11) is 0. The topological polar surface area (TPSA) is 61.2 Å². The van der Waals surface area contributed by atoms with Gasteiger partial charge in [0.25, 0.3) is 0 Å². The van der Waals surface area contributed by atoms with Gasteiger partial charge in [-0.05, 0) is 35.7 Å². The zero-order valence-corrected chi connectivity index (χ0v) is 16.4. The molecule has 1 unspecified atom stereocenters. The second-order valence-electron chi connectivity index (χ2n) is 7.67. The van der Waals surface area contributed by atoms with Crippen LogP contribution < -0.4 is 4.90 Å². The van der Waals surface area contributed by atoms with Crippen LogP contribution in [0.25, 0.3) is 0 Å². The molecular formula is C26H18N2O2. The lowest BCUT2D eigenvalue weighted by Gasteiger charge is -2.31. The Kier molecular flexibility index (Phi) is 4.11. The Morgan fingerprint density at radius 1 is 0.900 bits per heavy atom. The van der Waals surface area contributed by atoms with E-state index in [0.717, 1.165) is 22.4 Å². The molecule has 0 radical (unpaired) electrons. The van der Waals surface area contributed by atoms with Crippen molar-refractivity contribution in [3.8, 4) is 6.07 Å². The average molecular weight is 390 g/mol. The van der Waals surface area contributed by atoms with Crippen LogP contribution in [-0.2, 0) is 6.54 Å². The molecule has 1 aliphatic carbocycles. The quantitative estimate of drug-likeness (QED) is 0.621. The van der Waals surface area contributed by atoms with Gasteiger partial charge in [-0.1, -0.05) is 60.7 Å². The maximum Gasteiger partial charge on any atom is 0.204 e. The van der Waals surface area contributed by atoms with Gasteiger partial charge in [-0.3, -0.25) is 9.59 Å². The first-order valence-corrected chi connectivity index (χ1v) is 9.84. The number of benzene rings is 3. The van der Waals surface area contributed by atoms with E-state index in [1.807, 2.05) is 55.5 Å². The predicted octanol–water partition coefficient (Wildman–Crippen LogP) is 4.96. The monoisotopic (exact) mass is 390 g/mol. The molecule has 0 saturated heterocycles. The fourth-order valence-corrected chi connectivity index (χ4v) is 4.51. The van der Waals surface area contributed by atoms with Gasteiger partial charge in [-0.2, -0.15) is 5.26 Å². The summed E-state index contributed by atoms with van der Waals surface area (Å²) in [6.45, 7) is 2.63. The first-order valence-electron chi connectivity index (χ1n) is 9.84. The van der Waals surface area contributed by atoms with Crippen molar-refractivity contribution in [1.29, 1.82) is 5.26 Å². The van der Waals surface area contributed by atoms with Crippen molar-refractivity contribution in [2.75, 3.05) is 4.90 Å². The lowest BCUT2D eigenvalue weighted by Crippen LogP contribution is -2.31. The van der Waals surface area contributed by atoms with E-state index in [2.05, 4.69) is 11.0 Å². The van der Waals surface area contributed by atoms with E-state index in [9.17, 15) is 14.9 Å². The smallest absolute Gasteiger partial charge is 0.204 e. The van der Waals surface area contributed by atoms with Gasteiger partial charge in [-0.25, -0.2) is 0 Å². The molecule has 30 heavy (non-hydrogen) atoms. The van der Waals surface area contributed by atoms with E-state index in [1.165, 1.54) is 0 Å². The number of hydrogen-bond acceptors (Lipinski definition) is 4. The van der Waals surface area contributed by atoms with Crippen LogP contribution in [-0.4, -0.2) is 11.6 Å². The molecule has 4 nitrogen and oxygen atoms in total. The van der Waals surface area contributed by atoms with Gasteiger partial charge in [0.15, 0.2) is 5.78 Å². The molecular weight excluding hydrogens is 372 g/mol. The number of nitriles is 1. The van der Waals surface area contributed by atoms with Crippen LogP contribution >= 0.6 is 0 Å². The summed E-state index contributed by atoms with van der Waals surface area (Å²) in [5, 5.41) is 9.89. The molecule has 0 saturated carbocycles. The summed E-state index contributed by atoms with van der Waals surface area (Å²) in [5.41, 5.74) is 5.00. The van der Waals surface area contributed by atoms with Crippen LogP contribution in [0.3, 0.4) is 0 Å². The van der Waals surface area contributed by atoms with E-state index < -0.39 is 6.04 Å². The number of anilines is 1. The van der Waals surface area contributed by atoms with Gasteiger partial charge in [0.2, 0.25) is 5.78 Å². The number of carbonyl (C=O) groups is 2. The SMILES string of the molecule is Cc1cccc(N2Cc3ccccc3C2C2=C(C#N)C(=O)c3ccccc3C2=O)c1. The fourth-order valence-electron chi connectivity index (χ4n) is 4.51. The van der Waals surface area contributed by atoms with Crippen molar-refractivity contribution in [3.05, 3.63) is 112 Å². The number of hydrogen-bond donors (Lipinski definition) is 0. The molecule has 3 aromatic carbocycles. The van der Waals surface area contributed by atoms with E-state index in [-0.39, 0.29) is 22.7 Å². The third-order valence-electron chi connectivity index (χ3n) is 5.88. The third kappa shape index (κ3) is 2.60. The second-order valence-corrected chi connectivity index (χ2v) is 7.67. The fraction of sp³-hybridized carbons (Fsp3) is 0.115. The summed E-state index contributed by atoms with van der Waals surface area (Å²) >= 11 is 0. The van der Waals surface area contributed by atoms with Gasteiger partial charge in [0, 0.05) is 28.9 Å². The lowest BCUT2D eigenvalue weighted by atomic mass is 9.79. The Bertz CT molecular complexity index is 1300. The number of Topliss-reactive ketones (excluding diaryl/α,β-unsaturated/α-hetero) is 2. The third-order valence-corrected chi connectivity index (χ3v) is 5.88. The van der Waals surface area contributed by atoms with Crippen molar-refractivity contribution in [2.24, 2.45) is 0 Å². The van der Waals surface area contributed by atoms with Gasteiger partial charge < -0.3 is 4.90 Å². The van der Waals surface area contributed by atoms with Crippen molar-refractivity contribution in [3.63, 3.8) is 0 Å². The number of carbonyl (C=O) groups excluding carboxylic acids is 2. The molecule has 0 aromatic heterocycles. The molecule has 1 aliphatic heterocycles. The van der Waals surface area contributed by atoms with Gasteiger partial charge >= 0.3 is 0 Å². The Morgan fingerprint density at radius 3 is 2.33 bits per heavy atom. The highest BCUT2D eigenvalue weighted by Crippen LogP contribution is 2.45. The summed E-state index contributed by atoms with van der Waals surface area (Å²) in [5.74, 6) is -0.627. The summed E-state index contributed by atoms with van der Waals surface area (Å²) in [4.78, 5) is 28.8. The molecule has 0 spiro atoms. The number of allylic oxidation sites excluding steroid dienone is 1. The van der Waals surface area contributed by atoms with Crippen molar-refractivity contribution < 1.29 is 9.59 Å². The lowest BCUT2D eigenvalue weighted by molar-refractivity contribution is 0.0973. The van der Waals surface area contributed by atoms with E-state index in [4.69, 9.17) is 0 Å². The number of fused-ring (bicyclic) bond motifs is 2. The molecule has 144 valence electrons. The van der Waals surface area contributed by atoms with Gasteiger partial charge in [0.05, 0.1) is 6.04 Å². The molecule has 0 fully saturated rings. The highest BCUT2D eigenvalue weighted by molar-refractivity contribution is 6.29. The van der Waals surface area contributed by atoms with E-state index >= 15 is 0 Å². The van der Waals surface area contributed by atoms with Crippen molar-refractivity contribution >= 4 is 17.3 Å². The zero-order chi connectivity index (χ0) is 20.8. The van der Waals surface area contributed by atoms with Crippen LogP contribution in [0.5, 0.6) is 0 Å². The first-order chi connectivity index (χ1) is 14.6. The Balaban J connectivity index is 1.76. The minimum atomic E-state index is -0.484. The molecule has 0 N–H and O–H groups in total. The molecule has 0 amide bonds. The van der Waals surface area contributed by atoms with Crippen LogP contribution in [0.15, 0.2) is 83.9 Å². The minimum absolute atomic E-state index is 0.0574. The highest BCUT2D eigenvalue weighted by atomic mass is 16.1. The molecule has 5 rings (SSSR count). The standard InChI is InChI=1S/C26H18N2O2/c1-16-7-6-9-18(13-16)28-15-17-8-2-3-10-19(17)24(28)23-22(14-27)25(29)20-11-4-5-12-21(20)26(23)30/h2-13,24H,15H2,1H3. The first kappa shape index (κ1) is 18.1. The predicted molar refractivity (Wildman–Crippen MR) is 114 cm³/mol. The maximum absolute atomic E-state index is 13.6. The largest absolute Gasteiger partial charge is 0.356 e. The van der Waals surface area contributed by atoms with Crippen molar-refractivity contribution in [2.45, 2.75) is 19.5 Å². The number of nitrogens with zero attached hydrogens (tertiary/aromatic N) is 2. The Labute approximate surface area is 174 Å². The van der Waals surface area contributed by atoms with Crippen LogP contribution in [0.4, 0.5) is 5.69 Å². The molecule has 4 heteroatoms. The van der Waals surface area contributed by atoms with Crippen LogP contribution in [0.2, 0.25) is 0 Å². The molecule has 0 bridgehead atoms. The number of rotatable bonds is 2. The molecule has 1 heterocycles. The van der Waals surface area contributed by atoms with Crippen LogP contribution in [0.1, 0.15) is 43.4 Å². The van der Waals surface area contributed by atoms with Gasteiger partial charge in [0.1, 0.15) is 11.6 Å². The maximum atomic E-state index is 13.6. The second kappa shape index (κ2) is 6.82. The summed E-state index contributed by atoms with van der Waals surface area (Å²) < 4.78 is 0. The van der Waals surface area contributed by atoms with Gasteiger partial charge in [-0.15, -0.1) is 0 Å². The van der Waals surface area contributed by atoms with E-state index in [0.29, 0.717) is 17.7 Å². The zero-order valence-electron chi connectivity index (χ0n) is 16.4. The number of ketones is 2.